The van der Waals surface area contributed by atoms with Gasteiger partial charge in [0.2, 0.25) is 0 Å². The highest BCUT2D eigenvalue weighted by Gasteiger charge is 2.31. The van der Waals surface area contributed by atoms with Crippen molar-refractivity contribution in [2.45, 2.75) is 10.1 Å². The van der Waals surface area contributed by atoms with Crippen LogP contribution in [0.15, 0.2) is 59.5 Å². The molecule has 2 rings (SSSR count). The van der Waals surface area contributed by atoms with Gasteiger partial charge in [-0.15, -0.1) is 0 Å². The fourth-order valence-electron chi connectivity index (χ4n) is 2.71. The van der Waals surface area contributed by atoms with E-state index >= 15 is 0 Å². The first-order valence-corrected chi connectivity index (χ1v) is 11.3. The molecule has 0 aromatic heterocycles. The quantitative estimate of drug-likeness (QED) is 0.477. The van der Waals surface area contributed by atoms with Gasteiger partial charge in [-0.05, 0) is 31.3 Å². The molecule has 0 aliphatic rings. The van der Waals surface area contributed by atoms with E-state index in [2.05, 4.69) is 0 Å². The lowest BCUT2D eigenvalue weighted by molar-refractivity contribution is 0.130. The molecule has 2 atom stereocenters. The van der Waals surface area contributed by atoms with Crippen LogP contribution in [0.2, 0.25) is 0 Å². The van der Waals surface area contributed by atoms with Crippen LogP contribution >= 0.6 is 0 Å². The van der Waals surface area contributed by atoms with Crippen molar-refractivity contribution >= 4 is 20.9 Å². The Labute approximate surface area is 163 Å². The summed E-state index contributed by atoms with van der Waals surface area (Å²) < 4.78 is 53.1. The van der Waals surface area contributed by atoms with Gasteiger partial charge in [0.1, 0.15) is 5.25 Å². The third-order valence-corrected chi connectivity index (χ3v) is 6.77. The molecule has 1 N–H and O–H groups in total. The highest BCUT2D eigenvalue weighted by atomic mass is 32.2. The number of nitrogens with zero attached hydrogens (tertiary/aromatic N) is 1. The van der Waals surface area contributed by atoms with E-state index in [4.69, 9.17) is 4.74 Å². The number of hydrogen-bond donors (Lipinski definition) is 1. The smallest absolute Gasteiger partial charge is 0.186 e. The summed E-state index contributed by atoms with van der Waals surface area (Å²) in [6, 6.07) is 15.1. The summed E-state index contributed by atoms with van der Waals surface area (Å²) in [7, 11) is 0.159. The molecule has 8 heteroatoms. The van der Waals surface area contributed by atoms with E-state index in [1.807, 2.05) is 19.0 Å². The Kier molecular flexibility index (Phi) is 8.12. The Balaban J connectivity index is 2.33. The second-order valence-electron chi connectivity index (χ2n) is 6.36. The predicted molar refractivity (Wildman–Crippen MR) is 107 cm³/mol. The summed E-state index contributed by atoms with van der Waals surface area (Å²) in [4.78, 5) is 2.05. The maximum Gasteiger partial charge on any atom is 0.186 e. The van der Waals surface area contributed by atoms with Crippen LogP contribution in [-0.4, -0.2) is 61.7 Å². The molecule has 0 saturated heterocycles. The molecule has 6 nitrogen and oxygen atoms in total. The largest absolute Gasteiger partial charge is 0.379 e. The van der Waals surface area contributed by atoms with Crippen LogP contribution in [0.5, 0.6) is 0 Å². The number of likely N-dealkylation sites (N-methyl/N-ethyl adjacent to an activating group) is 1. The zero-order valence-corrected chi connectivity index (χ0v) is 17.1. The normalized spacial score (nSPS) is 14.2. The minimum Gasteiger partial charge on any atom is -0.379 e. The van der Waals surface area contributed by atoms with Gasteiger partial charge in [-0.1, -0.05) is 48.5 Å². The lowest BCUT2D eigenvalue weighted by Gasteiger charge is -2.20. The number of rotatable bonds is 10. The molecule has 2 aromatic carbocycles. The molecule has 0 bridgehead atoms. The zero-order valence-electron chi connectivity index (χ0n) is 15.4. The molecule has 0 heterocycles. The Bertz CT molecular complexity index is 853. The number of benzene rings is 2. The van der Waals surface area contributed by atoms with Crippen molar-refractivity contribution in [2.24, 2.45) is 0 Å². The topological polar surface area (TPSA) is 83.9 Å². The van der Waals surface area contributed by atoms with Gasteiger partial charge in [-0.3, -0.25) is 0 Å². The SMILES string of the molecule is CN(C)CCOCCS(=O)(=O)C(c1ccccc1)c1ccccc1S(=O)O. The molecule has 27 heavy (non-hydrogen) atoms. The molecule has 0 fully saturated rings. The lowest BCUT2D eigenvalue weighted by Crippen LogP contribution is -2.24. The Hall–Kier alpha value is -1.58. The molecule has 2 unspecified atom stereocenters. The molecule has 0 saturated carbocycles. The van der Waals surface area contributed by atoms with Crippen molar-refractivity contribution in [3.05, 3.63) is 65.7 Å². The Morgan fingerprint density at radius 3 is 2.30 bits per heavy atom. The maximum absolute atomic E-state index is 13.1. The van der Waals surface area contributed by atoms with Crippen molar-refractivity contribution in [3.63, 3.8) is 0 Å². The van der Waals surface area contributed by atoms with Gasteiger partial charge >= 0.3 is 0 Å². The second-order valence-corrected chi connectivity index (χ2v) is 9.50. The average molecular weight is 412 g/mol. The monoisotopic (exact) mass is 411 g/mol. The average Bonchev–Trinajstić information content (AvgIpc) is 2.62. The molecule has 148 valence electrons. The fourth-order valence-corrected chi connectivity index (χ4v) is 5.11. The Morgan fingerprint density at radius 1 is 1.04 bits per heavy atom. The van der Waals surface area contributed by atoms with E-state index in [1.165, 1.54) is 6.07 Å². The molecule has 0 aliphatic carbocycles. The van der Waals surface area contributed by atoms with Gasteiger partial charge in [-0.2, -0.15) is 0 Å². The van der Waals surface area contributed by atoms with E-state index in [0.717, 1.165) is 0 Å². The summed E-state index contributed by atoms with van der Waals surface area (Å²) in [5.74, 6) is -0.174. The predicted octanol–water partition coefficient (Wildman–Crippen LogP) is 2.35. The maximum atomic E-state index is 13.1. The van der Waals surface area contributed by atoms with Crippen molar-refractivity contribution in [3.8, 4) is 0 Å². The third kappa shape index (κ3) is 6.22. The molecule has 2 aromatic rings. The minimum absolute atomic E-state index is 0.0733. The van der Waals surface area contributed by atoms with Crippen LogP contribution < -0.4 is 0 Å². The summed E-state index contributed by atoms with van der Waals surface area (Å²) in [6.45, 7) is 1.22. The van der Waals surface area contributed by atoms with E-state index in [0.29, 0.717) is 24.3 Å². The van der Waals surface area contributed by atoms with Crippen molar-refractivity contribution in [2.75, 3.05) is 39.6 Å². The summed E-state index contributed by atoms with van der Waals surface area (Å²) in [6.07, 6.45) is 0. The molecule has 0 aliphatic heterocycles. The Morgan fingerprint density at radius 2 is 1.67 bits per heavy atom. The fraction of sp³-hybridized carbons (Fsp3) is 0.368. The number of sulfone groups is 1. The van der Waals surface area contributed by atoms with Crippen LogP contribution in [0, 0.1) is 0 Å². The van der Waals surface area contributed by atoms with E-state index < -0.39 is 26.2 Å². The lowest BCUT2D eigenvalue weighted by atomic mass is 10.0. The molecular formula is C19H25NO5S2. The second kappa shape index (κ2) is 10.1. The number of ether oxygens (including phenoxy) is 1. The van der Waals surface area contributed by atoms with E-state index in [1.54, 1.807) is 48.5 Å². The van der Waals surface area contributed by atoms with Gasteiger partial charge < -0.3 is 14.2 Å². The number of hydrogen-bond acceptors (Lipinski definition) is 5. The highest BCUT2D eigenvalue weighted by molar-refractivity contribution is 7.91. The van der Waals surface area contributed by atoms with Crippen molar-refractivity contribution in [1.82, 2.24) is 4.90 Å². The van der Waals surface area contributed by atoms with Crippen LogP contribution in [0.1, 0.15) is 16.4 Å². The first-order valence-electron chi connectivity index (χ1n) is 8.51. The summed E-state index contributed by atoms with van der Waals surface area (Å²) in [5, 5.41) is -1.02. The van der Waals surface area contributed by atoms with E-state index in [-0.39, 0.29) is 17.3 Å². The van der Waals surface area contributed by atoms with Crippen LogP contribution in [-0.2, 0) is 25.7 Å². The standard InChI is InChI=1S/C19H25NO5S2/c1-20(2)12-13-25-14-15-27(23,24)19(16-8-4-3-5-9-16)17-10-6-7-11-18(17)26(21)22/h3-11,19H,12-15H2,1-2H3,(H,21,22). The van der Waals surface area contributed by atoms with Crippen molar-refractivity contribution < 1.29 is 21.9 Å². The summed E-state index contributed by atoms with van der Waals surface area (Å²) >= 11 is -2.28. The third-order valence-electron chi connectivity index (χ3n) is 4.05. The summed E-state index contributed by atoms with van der Waals surface area (Å²) in [5.41, 5.74) is 0.876. The highest BCUT2D eigenvalue weighted by Crippen LogP contribution is 2.34. The minimum atomic E-state index is -3.67. The van der Waals surface area contributed by atoms with Gasteiger partial charge in [0.05, 0.1) is 23.9 Å². The van der Waals surface area contributed by atoms with Crippen LogP contribution in [0.25, 0.3) is 0 Å². The molecule has 0 radical (unpaired) electrons. The van der Waals surface area contributed by atoms with Crippen LogP contribution in [0.3, 0.4) is 0 Å². The van der Waals surface area contributed by atoms with Crippen LogP contribution in [0.4, 0.5) is 0 Å². The van der Waals surface area contributed by atoms with Gasteiger partial charge in [-0.25, -0.2) is 12.6 Å². The molecule has 0 spiro atoms. The molecular weight excluding hydrogens is 386 g/mol. The molecule has 0 amide bonds. The van der Waals surface area contributed by atoms with E-state index in [9.17, 15) is 17.2 Å². The first kappa shape index (κ1) is 21.7. The first-order chi connectivity index (χ1) is 12.8. The van der Waals surface area contributed by atoms with Crippen molar-refractivity contribution in [1.29, 1.82) is 0 Å². The van der Waals surface area contributed by atoms with Gasteiger partial charge in [0, 0.05) is 6.54 Å². The van der Waals surface area contributed by atoms with Gasteiger partial charge in [0.15, 0.2) is 20.9 Å². The zero-order chi connectivity index (χ0) is 19.9. The van der Waals surface area contributed by atoms with Gasteiger partial charge in [0.25, 0.3) is 0 Å².